The second-order valence-corrected chi connectivity index (χ2v) is 5.31. The van der Waals surface area contributed by atoms with Crippen molar-refractivity contribution in [3.63, 3.8) is 0 Å². The van der Waals surface area contributed by atoms with E-state index in [9.17, 15) is 20.2 Å². The molecule has 0 spiro atoms. The lowest BCUT2D eigenvalue weighted by molar-refractivity contribution is -0.721. The Morgan fingerprint density at radius 1 is 0.739 bits per heavy atom. The molecule has 2 aromatic carbocycles. The van der Waals surface area contributed by atoms with Crippen LogP contribution in [0.4, 0.5) is 0 Å². The molecule has 0 aromatic heterocycles. The van der Waals surface area contributed by atoms with Crippen molar-refractivity contribution in [2.75, 3.05) is 0 Å². The molecule has 0 fully saturated rings. The van der Waals surface area contributed by atoms with E-state index in [1.165, 1.54) is 38.1 Å². The molecule has 2 aromatic rings. The molecule has 0 saturated heterocycles. The predicted molar refractivity (Wildman–Crippen MR) is 82.7 cm³/mol. The van der Waals surface area contributed by atoms with Crippen LogP contribution in [0.3, 0.4) is 0 Å². The van der Waals surface area contributed by atoms with Crippen LogP contribution >= 0.6 is 0 Å². The van der Waals surface area contributed by atoms with Gasteiger partial charge in [0.1, 0.15) is 0 Å². The van der Waals surface area contributed by atoms with Gasteiger partial charge in [0.05, 0.1) is 21.0 Å². The Balaban J connectivity index is 2.53. The van der Waals surface area contributed by atoms with Crippen molar-refractivity contribution in [1.82, 2.24) is 0 Å². The largest absolute Gasteiger partial charge is 0.354 e. The van der Waals surface area contributed by atoms with E-state index < -0.39 is 21.3 Å². The van der Waals surface area contributed by atoms with E-state index in [1.807, 2.05) is 0 Å². The minimum Gasteiger partial charge on any atom is -0.261 e. The first-order valence-corrected chi connectivity index (χ1v) is 6.91. The van der Waals surface area contributed by atoms with Crippen LogP contribution in [-0.2, 0) is 16.2 Å². The lowest BCUT2D eigenvalue weighted by Crippen LogP contribution is -2.46. The molecule has 2 unspecified atom stereocenters. The fourth-order valence-electron chi connectivity index (χ4n) is 2.28. The zero-order valence-corrected chi connectivity index (χ0v) is 12.7. The van der Waals surface area contributed by atoms with Crippen molar-refractivity contribution in [2.45, 2.75) is 25.3 Å². The van der Waals surface area contributed by atoms with Gasteiger partial charge in [0.25, 0.3) is 0 Å². The number of ether oxygens (including phenoxy) is 1. The van der Waals surface area contributed by atoms with Gasteiger partial charge in [0, 0.05) is 13.8 Å². The highest BCUT2D eigenvalue weighted by Gasteiger charge is 2.54. The maximum absolute atomic E-state index is 11.6. The molecule has 7 nitrogen and oxygen atoms in total. The third-order valence-electron chi connectivity index (χ3n) is 3.71. The Morgan fingerprint density at radius 3 is 1.30 bits per heavy atom. The fraction of sp³-hybridized carbons (Fsp3) is 0.250. The molecule has 0 saturated carbocycles. The first kappa shape index (κ1) is 16.6. The first-order chi connectivity index (χ1) is 10.8. The summed E-state index contributed by atoms with van der Waals surface area (Å²) in [5.74, 6) is 0. The SMILES string of the molecule is CC(OC(C)(c1ccccc1)[N+](=O)[O-])(c1ccccc1)[N+](=O)[O-]. The molecular formula is C16H16N2O5. The highest BCUT2D eigenvalue weighted by molar-refractivity contribution is 5.22. The quantitative estimate of drug-likeness (QED) is 0.463. The molecular weight excluding hydrogens is 300 g/mol. The van der Waals surface area contributed by atoms with Crippen LogP contribution in [0.25, 0.3) is 0 Å². The highest BCUT2D eigenvalue weighted by atomic mass is 16.7. The number of nitrogens with zero attached hydrogens (tertiary/aromatic N) is 2. The van der Waals surface area contributed by atoms with Gasteiger partial charge in [0.15, 0.2) is 0 Å². The Bertz CT molecular complexity index is 645. The van der Waals surface area contributed by atoms with Gasteiger partial charge in [0.2, 0.25) is 0 Å². The average Bonchev–Trinajstić information content (AvgIpc) is 2.56. The van der Waals surface area contributed by atoms with Gasteiger partial charge in [-0.1, -0.05) is 36.4 Å². The second-order valence-electron chi connectivity index (χ2n) is 5.31. The third-order valence-corrected chi connectivity index (χ3v) is 3.71. The van der Waals surface area contributed by atoms with Crippen LogP contribution in [0.2, 0.25) is 0 Å². The zero-order chi connectivity index (χ0) is 17.1. The lowest BCUT2D eigenvalue weighted by Gasteiger charge is -2.29. The number of nitro groups is 2. The highest BCUT2D eigenvalue weighted by Crippen LogP contribution is 2.37. The van der Waals surface area contributed by atoms with Crippen LogP contribution in [0.15, 0.2) is 60.7 Å². The van der Waals surface area contributed by atoms with Gasteiger partial charge in [-0.15, -0.1) is 0 Å². The Labute approximate surface area is 132 Å². The fourth-order valence-corrected chi connectivity index (χ4v) is 2.28. The molecule has 7 heteroatoms. The van der Waals surface area contributed by atoms with Crippen LogP contribution in [0.5, 0.6) is 0 Å². The molecule has 0 aliphatic rings. The van der Waals surface area contributed by atoms with Crippen LogP contribution < -0.4 is 0 Å². The molecule has 2 atom stereocenters. The maximum Gasteiger partial charge on any atom is 0.354 e. The second kappa shape index (κ2) is 6.13. The summed E-state index contributed by atoms with van der Waals surface area (Å²) in [6.45, 7) is 2.43. The standard InChI is InChI=1S/C16H16N2O5/c1-15(17(19)20,13-9-5-3-6-10-13)23-16(2,18(21)22)14-11-7-4-8-12-14/h3-12H,1-2H3. The minimum atomic E-state index is -2.06. The summed E-state index contributed by atoms with van der Waals surface area (Å²) in [4.78, 5) is 21.9. The van der Waals surface area contributed by atoms with Gasteiger partial charge < -0.3 is 0 Å². The number of hydrogen-bond donors (Lipinski definition) is 0. The number of benzene rings is 2. The smallest absolute Gasteiger partial charge is 0.261 e. The zero-order valence-electron chi connectivity index (χ0n) is 12.7. The van der Waals surface area contributed by atoms with E-state index in [-0.39, 0.29) is 11.1 Å². The Morgan fingerprint density at radius 2 is 1.04 bits per heavy atom. The van der Waals surface area contributed by atoms with Crippen LogP contribution in [0, 0.1) is 20.2 Å². The van der Waals surface area contributed by atoms with E-state index >= 15 is 0 Å². The summed E-state index contributed by atoms with van der Waals surface area (Å²) in [6.07, 6.45) is 0. The Kier molecular flexibility index (Phi) is 4.42. The normalized spacial score (nSPS) is 16.1. The molecule has 2 rings (SSSR count). The van der Waals surface area contributed by atoms with E-state index in [0.29, 0.717) is 0 Å². The van der Waals surface area contributed by atoms with Gasteiger partial charge in [-0.25, -0.2) is 4.74 Å². The monoisotopic (exact) mass is 316 g/mol. The van der Waals surface area contributed by atoms with Crippen molar-refractivity contribution in [3.8, 4) is 0 Å². The van der Waals surface area contributed by atoms with Crippen molar-refractivity contribution in [2.24, 2.45) is 0 Å². The van der Waals surface area contributed by atoms with Gasteiger partial charge in [-0.2, -0.15) is 0 Å². The molecule has 120 valence electrons. The molecule has 0 heterocycles. The lowest BCUT2D eigenvalue weighted by atomic mass is 10.0. The number of rotatable bonds is 6. The average molecular weight is 316 g/mol. The summed E-state index contributed by atoms with van der Waals surface area (Å²) in [7, 11) is 0. The minimum absolute atomic E-state index is 0.231. The maximum atomic E-state index is 11.6. The molecule has 0 N–H and O–H groups in total. The number of hydrogen-bond acceptors (Lipinski definition) is 5. The molecule has 0 amide bonds. The van der Waals surface area contributed by atoms with E-state index in [0.717, 1.165) is 0 Å². The van der Waals surface area contributed by atoms with Gasteiger partial charge >= 0.3 is 11.4 Å². The summed E-state index contributed by atoms with van der Waals surface area (Å²) in [5.41, 5.74) is -3.65. The van der Waals surface area contributed by atoms with Crippen molar-refractivity contribution >= 4 is 0 Å². The molecule has 0 radical (unpaired) electrons. The third kappa shape index (κ3) is 3.04. The summed E-state index contributed by atoms with van der Waals surface area (Å²) in [6, 6.07) is 15.9. The molecule has 23 heavy (non-hydrogen) atoms. The summed E-state index contributed by atoms with van der Waals surface area (Å²) < 4.78 is 5.52. The van der Waals surface area contributed by atoms with Crippen molar-refractivity contribution in [3.05, 3.63) is 92.0 Å². The Hall–Kier alpha value is -2.80. The molecule has 0 aliphatic carbocycles. The molecule has 0 bridgehead atoms. The van der Waals surface area contributed by atoms with E-state index in [4.69, 9.17) is 4.74 Å². The van der Waals surface area contributed by atoms with Crippen LogP contribution in [-0.4, -0.2) is 9.85 Å². The molecule has 0 aliphatic heterocycles. The van der Waals surface area contributed by atoms with Crippen molar-refractivity contribution < 1.29 is 14.6 Å². The van der Waals surface area contributed by atoms with Gasteiger partial charge in [-0.05, 0) is 24.3 Å². The summed E-state index contributed by atoms with van der Waals surface area (Å²) >= 11 is 0. The van der Waals surface area contributed by atoms with Gasteiger partial charge in [-0.3, -0.25) is 20.2 Å². The summed E-state index contributed by atoms with van der Waals surface area (Å²) in [5, 5.41) is 23.2. The van der Waals surface area contributed by atoms with Crippen molar-refractivity contribution in [1.29, 1.82) is 0 Å². The van der Waals surface area contributed by atoms with E-state index in [2.05, 4.69) is 0 Å². The predicted octanol–water partition coefficient (Wildman–Crippen LogP) is 3.30. The first-order valence-electron chi connectivity index (χ1n) is 6.91. The van der Waals surface area contributed by atoms with Crippen LogP contribution in [0.1, 0.15) is 25.0 Å². The topological polar surface area (TPSA) is 95.5 Å². The van der Waals surface area contributed by atoms with E-state index in [1.54, 1.807) is 36.4 Å².